The molecule has 4 heteroatoms. The smallest absolute Gasteiger partial charge is 0.224 e. The first-order valence-corrected chi connectivity index (χ1v) is 10.7. The Hall–Kier alpha value is -2.59. The van der Waals surface area contributed by atoms with Gasteiger partial charge in [0.25, 0.3) is 0 Å². The Morgan fingerprint density at radius 2 is 1.86 bits per heavy atom. The van der Waals surface area contributed by atoms with Gasteiger partial charge in [-0.15, -0.1) is 11.3 Å². The fourth-order valence-corrected chi connectivity index (χ4v) is 4.78. The Morgan fingerprint density at radius 1 is 1.11 bits per heavy atom. The molecule has 28 heavy (non-hydrogen) atoms. The number of hydrogen-bond donors (Lipinski definition) is 1. The van der Waals surface area contributed by atoms with E-state index in [1.807, 2.05) is 29.5 Å². The molecule has 4 rings (SSSR count). The Labute approximate surface area is 171 Å². The molecule has 2 heterocycles. The van der Waals surface area contributed by atoms with Gasteiger partial charge in [0, 0.05) is 35.8 Å². The van der Waals surface area contributed by atoms with Crippen molar-refractivity contribution in [1.82, 2.24) is 0 Å². The summed E-state index contributed by atoms with van der Waals surface area (Å²) >= 11 is 1.87. The van der Waals surface area contributed by atoms with Gasteiger partial charge in [-0.05, 0) is 72.5 Å². The van der Waals surface area contributed by atoms with Crippen LogP contribution in [0.4, 0.5) is 11.4 Å². The normalized spacial score (nSPS) is 13.3. The lowest BCUT2D eigenvalue weighted by atomic mass is 10.0. The number of fused-ring (bicyclic) bond motifs is 1. The summed E-state index contributed by atoms with van der Waals surface area (Å²) in [4.78, 5) is 16.4. The Kier molecular flexibility index (Phi) is 5.49. The molecule has 0 saturated carbocycles. The summed E-state index contributed by atoms with van der Waals surface area (Å²) in [6, 6.07) is 16.8. The minimum absolute atomic E-state index is 0.0729. The Balaban J connectivity index is 1.43. The summed E-state index contributed by atoms with van der Waals surface area (Å²) in [5.74, 6) is 0.0729. The number of hydrogen-bond acceptors (Lipinski definition) is 3. The minimum atomic E-state index is 0.0729. The van der Waals surface area contributed by atoms with Crippen LogP contribution in [-0.4, -0.2) is 12.5 Å². The van der Waals surface area contributed by atoms with Crippen LogP contribution in [0.5, 0.6) is 0 Å². The van der Waals surface area contributed by atoms with E-state index < -0.39 is 0 Å². The number of benzene rings is 2. The SMILES string of the molecule is Cc1cc(N2CCc3sccc3C2)cc(C)c1NC(=O)CCc1ccccc1. The second kappa shape index (κ2) is 8.19. The first-order valence-electron chi connectivity index (χ1n) is 9.85. The van der Waals surface area contributed by atoms with Crippen LogP contribution >= 0.6 is 11.3 Å². The predicted molar refractivity (Wildman–Crippen MR) is 118 cm³/mol. The zero-order valence-corrected chi connectivity index (χ0v) is 17.3. The maximum atomic E-state index is 12.5. The van der Waals surface area contributed by atoms with E-state index in [1.165, 1.54) is 21.7 Å². The van der Waals surface area contributed by atoms with Crippen molar-refractivity contribution in [3.8, 4) is 0 Å². The summed E-state index contributed by atoms with van der Waals surface area (Å²) in [6.07, 6.45) is 2.38. The monoisotopic (exact) mass is 390 g/mol. The van der Waals surface area contributed by atoms with Crippen LogP contribution in [0.15, 0.2) is 53.9 Å². The van der Waals surface area contributed by atoms with Gasteiger partial charge in [-0.25, -0.2) is 0 Å². The quantitative estimate of drug-likeness (QED) is 0.624. The lowest BCUT2D eigenvalue weighted by molar-refractivity contribution is -0.116. The van der Waals surface area contributed by atoms with E-state index in [1.54, 1.807) is 0 Å². The molecule has 1 amide bonds. The van der Waals surface area contributed by atoms with Gasteiger partial charge in [0.2, 0.25) is 5.91 Å². The first-order chi connectivity index (χ1) is 13.6. The van der Waals surface area contributed by atoms with Gasteiger partial charge in [-0.2, -0.15) is 0 Å². The third-order valence-electron chi connectivity index (χ3n) is 5.44. The molecule has 0 unspecified atom stereocenters. The Morgan fingerprint density at radius 3 is 2.61 bits per heavy atom. The summed E-state index contributed by atoms with van der Waals surface area (Å²) in [7, 11) is 0. The van der Waals surface area contributed by atoms with Crippen LogP contribution in [0.1, 0.15) is 33.6 Å². The molecule has 3 aromatic rings. The zero-order valence-electron chi connectivity index (χ0n) is 16.5. The van der Waals surface area contributed by atoms with Crippen molar-refractivity contribution < 1.29 is 4.79 Å². The third kappa shape index (κ3) is 4.12. The highest BCUT2D eigenvalue weighted by atomic mass is 32.1. The molecular formula is C24H26N2OS. The second-order valence-corrected chi connectivity index (χ2v) is 8.53. The number of amides is 1. The number of aryl methyl sites for hydroxylation is 3. The van der Waals surface area contributed by atoms with Crippen molar-refractivity contribution in [3.05, 3.63) is 81.0 Å². The highest BCUT2D eigenvalue weighted by molar-refractivity contribution is 7.10. The maximum Gasteiger partial charge on any atom is 0.224 e. The van der Waals surface area contributed by atoms with Gasteiger partial charge in [0.15, 0.2) is 0 Å². The van der Waals surface area contributed by atoms with Crippen molar-refractivity contribution >= 4 is 28.6 Å². The van der Waals surface area contributed by atoms with Crippen molar-refractivity contribution in [2.24, 2.45) is 0 Å². The van der Waals surface area contributed by atoms with Crippen LogP contribution in [-0.2, 0) is 24.2 Å². The molecule has 0 bridgehead atoms. The fraction of sp³-hybridized carbons (Fsp3) is 0.292. The van der Waals surface area contributed by atoms with Gasteiger partial charge in [0.1, 0.15) is 0 Å². The lowest BCUT2D eigenvalue weighted by Crippen LogP contribution is -2.29. The second-order valence-electron chi connectivity index (χ2n) is 7.53. The van der Waals surface area contributed by atoms with E-state index in [0.29, 0.717) is 6.42 Å². The molecule has 0 saturated heterocycles. The molecule has 1 aromatic heterocycles. The van der Waals surface area contributed by atoms with E-state index >= 15 is 0 Å². The van der Waals surface area contributed by atoms with Crippen molar-refractivity contribution in [2.45, 2.75) is 39.7 Å². The molecule has 0 atom stereocenters. The van der Waals surface area contributed by atoms with Gasteiger partial charge in [-0.3, -0.25) is 4.79 Å². The van der Waals surface area contributed by atoms with Gasteiger partial charge >= 0.3 is 0 Å². The van der Waals surface area contributed by atoms with E-state index in [2.05, 4.69) is 59.8 Å². The highest BCUT2D eigenvalue weighted by Crippen LogP contribution is 2.32. The number of anilines is 2. The van der Waals surface area contributed by atoms with Crippen LogP contribution in [0.3, 0.4) is 0 Å². The average Bonchev–Trinajstić information content (AvgIpc) is 3.17. The molecule has 2 aromatic carbocycles. The largest absolute Gasteiger partial charge is 0.367 e. The van der Waals surface area contributed by atoms with E-state index in [4.69, 9.17) is 0 Å². The summed E-state index contributed by atoms with van der Waals surface area (Å²) in [5, 5.41) is 5.33. The van der Waals surface area contributed by atoms with Crippen molar-refractivity contribution in [3.63, 3.8) is 0 Å². The molecule has 1 N–H and O–H groups in total. The summed E-state index contributed by atoms with van der Waals surface area (Å²) in [5.41, 5.74) is 7.09. The molecule has 0 spiro atoms. The number of rotatable bonds is 5. The molecule has 144 valence electrons. The molecule has 1 aliphatic heterocycles. The third-order valence-corrected chi connectivity index (χ3v) is 6.46. The first kappa shape index (κ1) is 18.8. The summed E-state index contributed by atoms with van der Waals surface area (Å²) < 4.78 is 0. The van der Waals surface area contributed by atoms with Crippen LogP contribution < -0.4 is 10.2 Å². The highest BCUT2D eigenvalue weighted by Gasteiger charge is 2.19. The lowest BCUT2D eigenvalue weighted by Gasteiger charge is -2.30. The number of nitrogens with one attached hydrogen (secondary N) is 1. The number of thiophene rings is 1. The van der Waals surface area contributed by atoms with E-state index in [-0.39, 0.29) is 5.91 Å². The van der Waals surface area contributed by atoms with Crippen LogP contribution in [0.25, 0.3) is 0 Å². The molecule has 0 radical (unpaired) electrons. The minimum Gasteiger partial charge on any atom is -0.367 e. The number of carbonyl (C=O) groups is 1. The average molecular weight is 391 g/mol. The standard InChI is InChI=1S/C24H26N2OS/c1-17-14-21(26-12-10-22-20(16-26)11-13-28-22)15-18(2)24(17)25-23(27)9-8-19-6-4-3-5-7-19/h3-7,11,13-15H,8-10,12,16H2,1-2H3,(H,25,27). The maximum absolute atomic E-state index is 12.5. The topological polar surface area (TPSA) is 32.3 Å². The number of nitrogens with zero attached hydrogens (tertiary/aromatic N) is 1. The fourth-order valence-electron chi connectivity index (χ4n) is 3.89. The van der Waals surface area contributed by atoms with E-state index in [0.717, 1.165) is 42.7 Å². The molecule has 1 aliphatic rings. The van der Waals surface area contributed by atoms with Crippen LogP contribution in [0, 0.1) is 13.8 Å². The molecular weight excluding hydrogens is 364 g/mol. The number of carbonyl (C=O) groups excluding carboxylic acids is 1. The van der Waals surface area contributed by atoms with Gasteiger partial charge < -0.3 is 10.2 Å². The predicted octanol–water partition coefficient (Wildman–Crippen LogP) is 5.50. The molecule has 3 nitrogen and oxygen atoms in total. The van der Waals surface area contributed by atoms with Gasteiger partial charge in [-0.1, -0.05) is 30.3 Å². The summed E-state index contributed by atoms with van der Waals surface area (Å²) in [6.45, 7) is 6.20. The van der Waals surface area contributed by atoms with Crippen molar-refractivity contribution in [1.29, 1.82) is 0 Å². The van der Waals surface area contributed by atoms with Gasteiger partial charge in [0.05, 0.1) is 0 Å². The molecule has 0 fully saturated rings. The molecule has 0 aliphatic carbocycles. The van der Waals surface area contributed by atoms with Crippen LogP contribution in [0.2, 0.25) is 0 Å². The van der Waals surface area contributed by atoms with E-state index in [9.17, 15) is 4.79 Å². The zero-order chi connectivity index (χ0) is 19.5. The van der Waals surface area contributed by atoms with Crippen molar-refractivity contribution in [2.75, 3.05) is 16.8 Å². The Bertz CT molecular complexity index is 954.